The standard InChI is InChI=1S/C8H8N2/c1-2-5-10-8-3-6-9-7-4-8/h1,3-4,6-7H,5H2,(H,9,10). The summed E-state index contributed by atoms with van der Waals surface area (Å²) in [5.74, 6) is 2.48. The molecule has 0 fully saturated rings. The maximum Gasteiger partial charge on any atom is 0.0763 e. The van der Waals surface area contributed by atoms with E-state index in [1.54, 1.807) is 12.4 Å². The Bertz CT molecular complexity index is 223. The van der Waals surface area contributed by atoms with Crippen LogP contribution in [0.4, 0.5) is 5.69 Å². The van der Waals surface area contributed by atoms with E-state index in [2.05, 4.69) is 16.2 Å². The van der Waals surface area contributed by atoms with E-state index in [-0.39, 0.29) is 0 Å². The highest BCUT2D eigenvalue weighted by Crippen LogP contribution is 2.00. The van der Waals surface area contributed by atoms with Gasteiger partial charge in [-0.2, -0.15) is 0 Å². The first kappa shape index (κ1) is 6.63. The zero-order valence-electron chi connectivity index (χ0n) is 5.54. The normalized spacial score (nSPS) is 8.30. The predicted molar refractivity (Wildman–Crippen MR) is 41.6 cm³/mol. The molecule has 0 aliphatic carbocycles. The van der Waals surface area contributed by atoms with Crippen molar-refractivity contribution in [1.29, 1.82) is 0 Å². The van der Waals surface area contributed by atoms with Gasteiger partial charge in [0.25, 0.3) is 0 Å². The fourth-order valence-corrected chi connectivity index (χ4v) is 0.623. The van der Waals surface area contributed by atoms with Crippen molar-refractivity contribution in [3.8, 4) is 12.3 Å². The van der Waals surface area contributed by atoms with Crippen LogP contribution in [0.15, 0.2) is 24.5 Å². The van der Waals surface area contributed by atoms with E-state index in [0.29, 0.717) is 6.54 Å². The van der Waals surface area contributed by atoms with Crippen LogP contribution < -0.4 is 5.32 Å². The van der Waals surface area contributed by atoms with Gasteiger partial charge in [0.15, 0.2) is 0 Å². The van der Waals surface area contributed by atoms with Crippen LogP contribution in [0.2, 0.25) is 0 Å². The lowest BCUT2D eigenvalue weighted by Gasteiger charge is -1.98. The third-order valence-corrected chi connectivity index (χ3v) is 1.07. The van der Waals surface area contributed by atoms with Gasteiger partial charge >= 0.3 is 0 Å². The third kappa shape index (κ3) is 1.79. The van der Waals surface area contributed by atoms with Gasteiger partial charge in [0.05, 0.1) is 6.54 Å². The molecule has 50 valence electrons. The molecule has 1 N–H and O–H groups in total. The highest BCUT2D eigenvalue weighted by molar-refractivity contribution is 5.41. The molecular weight excluding hydrogens is 124 g/mol. The van der Waals surface area contributed by atoms with Crippen LogP contribution >= 0.6 is 0 Å². The predicted octanol–water partition coefficient (Wildman–Crippen LogP) is 1.13. The lowest BCUT2D eigenvalue weighted by Crippen LogP contribution is -1.97. The van der Waals surface area contributed by atoms with Crippen molar-refractivity contribution in [3.05, 3.63) is 24.5 Å². The van der Waals surface area contributed by atoms with E-state index in [9.17, 15) is 0 Å². The summed E-state index contributed by atoms with van der Waals surface area (Å²) in [4.78, 5) is 3.86. The number of pyridine rings is 1. The highest BCUT2D eigenvalue weighted by Gasteiger charge is 1.83. The number of aromatic nitrogens is 1. The summed E-state index contributed by atoms with van der Waals surface area (Å²) in [6.45, 7) is 0.560. The zero-order chi connectivity index (χ0) is 7.23. The van der Waals surface area contributed by atoms with E-state index in [1.165, 1.54) is 0 Å². The fraction of sp³-hybridized carbons (Fsp3) is 0.125. The molecule has 0 atom stereocenters. The molecule has 1 aromatic heterocycles. The number of hydrogen-bond acceptors (Lipinski definition) is 2. The molecule has 0 aliphatic heterocycles. The van der Waals surface area contributed by atoms with Crippen molar-refractivity contribution >= 4 is 5.69 Å². The molecule has 1 rings (SSSR count). The second-order valence-corrected chi connectivity index (χ2v) is 1.79. The maximum atomic E-state index is 5.05. The minimum absolute atomic E-state index is 0.560. The van der Waals surface area contributed by atoms with Gasteiger partial charge < -0.3 is 5.32 Å². The van der Waals surface area contributed by atoms with Gasteiger partial charge in [0.2, 0.25) is 0 Å². The molecule has 10 heavy (non-hydrogen) atoms. The van der Waals surface area contributed by atoms with Crippen molar-refractivity contribution < 1.29 is 0 Å². The van der Waals surface area contributed by atoms with E-state index < -0.39 is 0 Å². The molecule has 0 saturated heterocycles. The quantitative estimate of drug-likeness (QED) is 0.610. The average molecular weight is 132 g/mol. The Balaban J connectivity index is 2.52. The summed E-state index contributed by atoms with van der Waals surface area (Å²) >= 11 is 0. The van der Waals surface area contributed by atoms with E-state index in [0.717, 1.165) is 5.69 Å². The maximum absolute atomic E-state index is 5.05. The molecule has 0 amide bonds. The van der Waals surface area contributed by atoms with Crippen LogP contribution in [0.25, 0.3) is 0 Å². The van der Waals surface area contributed by atoms with Gasteiger partial charge in [-0.05, 0) is 12.1 Å². The molecule has 0 aromatic carbocycles. The SMILES string of the molecule is C#CCNc1ccncc1. The lowest BCUT2D eigenvalue weighted by atomic mass is 10.4. The molecule has 0 spiro atoms. The van der Waals surface area contributed by atoms with E-state index in [1.807, 2.05) is 12.1 Å². The lowest BCUT2D eigenvalue weighted by molar-refractivity contribution is 1.30. The summed E-state index contributed by atoms with van der Waals surface area (Å²) in [5, 5.41) is 3.02. The van der Waals surface area contributed by atoms with Crippen LogP contribution in [0, 0.1) is 12.3 Å². The van der Waals surface area contributed by atoms with Crippen molar-refractivity contribution in [2.24, 2.45) is 0 Å². The number of nitrogens with zero attached hydrogens (tertiary/aromatic N) is 1. The van der Waals surface area contributed by atoms with Gasteiger partial charge in [-0.25, -0.2) is 0 Å². The first-order chi connectivity index (χ1) is 4.93. The minimum atomic E-state index is 0.560. The molecule has 0 saturated carbocycles. The molecule has 0 aliphatic rings. The second-order valence-electron chi connectivity index (χ2n) is 1.79. The Hall–Kier alpha value is -1.49. The topological polar surface area (TPSA) is 24.9 Å². The van der Waals surface area contributed by atoms with E-state index in [4.69, 9.17) is 6.42 Å². The first-order valence-corrected chi connectivity index (χ1v) is 3.01. The van der Waals surface area contributed by atoms with Gasteiger partial charge in [0, 0.05) is 18.1 Å². The van der Waals surface area contributed by atoms with Crippen LogP contribution in [0.5, 0.6) is 0 Å². The van der Waals surface area contributed by atoms with Crippen molar-refractivity contribution in [1.82, 2.24) is 4.98 Å². The molecule has 1 heterocycles. The Morgan fingerprint density at radius 2 is 2.20 bits per heavy atom. The Morgan fingerprint density at radius 3 is 2.80 bits per heavy atom. The summed E-state index contributed by atoms with van der Waals surface area (Å²) in [6, 6.07) is 3.74. The number of terminal acetylenes is 1. The summed E-state index contributed by atoms with van der Waals surface area (Å²) in [7, 11) is 0. The Morgan fingerprint density at radius 1 is 1.50 bits per heavy atom. The Kier molecular flexibility index (Phi) is 2.33. The first-order valence-electron chi connectivity index (χ1n) is 3.01. The molecular formula is C8H8N2. The molecule has 1 aromatic rings. The fourth-order valence-electron chi connectivity index (χ4n) is 0.623. The molecule has 0 radical (unpaired) electrons. The van der Waals surface area contributed by atoms with Gasteiger partial charge in [-0.1, -0.05) is 5.92 Å². The van der Waals surface area contributed by atoms with Crippen LogP contribution in [-0.2, 0) is 0 Å². The molecule has 2 heteroatoms. The largest absolute Gasteiger partial charge is 0.374 e. The van der Waals surface area contributed by atoms with Crippen molar-refractivity contribution in [2.45, 2.75) is 0 Å². The highest BCUT2D eigenvalue weighted by atomic mass is 14.9. The summed E-state index contributed by atoms with van der Waals surface area (Å²) in [5.41, 5.74) is 1.01. The number of anilines is 1. The van der Waals surface area contributed by atoms with Crippen LogP contribution in [0.1, 0.15) is 0 Å². The monoisotopic (exact) mass is 132 g/mol. The Labute approximate surface area is 60.3 Å². The van der Waals surface area contributed by atoms with Crippen molar-refractivity contribution in [3.63, 3.8) is 0 Å². The molecule has 2 nitrogen and oxygen atoms in total. The van der Waals surface area contributed by atoms with Gasteiger partial charge in [-0.3, -0.25) is 4.98 Å². The van der Waals surface area contributed by atoms with Gasteiger partial charge in [0.1, 0.15) is 0 Å². The van der Waals surface area contributed by atoms with Crippen LogP contribution in [0.3, 0.4) is 0 Å². The number of hydrogen-bond donors (Lipinski definition) is 1. The minimum Gasteiger partial charge on any atom is -0.374 e. The van der Waals surface area contributed by atoms with Gasteiger partial charge in [-0.15, -0.1) is 6.42 Å². The van der Waals surface area contributed by atoms with Crippen molar-refractivity contribution in [2.75, 3.05) is 11.9 Å². The second kappa shape index (κ2) is 3.52. The summed E-state index contributed by atoms with van der Waals surface area (Å²) < 4.78 is 0. The summed E-state index contributed by atoms with van der Waals surface area (Å²) in [6.07, 6.45) is 8.49. The smallest absolute Gasteiger partial charge is 0.0763 e. The van der Waals surface area contributed by atoms with Crippen LogP contribution in [-0.4, -0.2) is 11.5 Å². The number of rotatable bonds is 2. The molecule has 0 bridgehead atoms. The third-order valence-electron chi connectivity index (χ3n) is 1.07. The van der Waals surface area contributed by atoms with E-state index >= 15 is 0 Å². The average Bonchev–Trinajstić information content (AvgIpc) is 2.03. The number of nitrogens with one attached hydrogen (secondary N) is 1. The molecule has 0 unspecified atom stereocenters. The zero-order valence-corrected chi connectivity index (χ0v) is 5.54.